The first-order valence-corrected chi connectivity index (χ1v) is 12.9. The lowest BCUT2D eigenvalue weighted by Crippen LogP contribution is -2.38. The quantitative estimate of drug-likeness (QED) is 0.603. The Balaban J connectivity index is 1.49. The second kappa shape index (κ2) is 8.88. The van der Waals surface area contributed by atoms with Crippen LogP contribution in [0, 0.1) is 0 Å². The van der Waals surface area contributed by atoms with Crippen LogP contribution in [0.25, 0.3) is 5.69 Å². The first-order valence-electron chi connectivity index (χ1n) is 9.38. The summed E-state index contributed by atoms with van der Waals surface area (Å²) in [6, 6.07) is 8.82. The molecule has 11 heteroatoms. The van der Waals surface area contributed by atoms with Crippen molar-refractivity contribution in [2.45, 2.75) is 17.9 Å². The zero-order valence-corrected chi connectivity index (χ0v) is 18.7. The lowest BCUT2D eigenvalue weighted by atomic mass is 10.1. The van der Waals surface area contributed by atoms with Gasteiger partial charge < -0.3 is 5.32 Å². The zero-order chi connectivity index (χ0) is 21.1. The van der Waals surface area contributed by atoms with E-state index in [1.54, 1.807) is 28.2 Å². The van der Waals surface area contributed by atoms with Gasteiger partial charge in [0.1, 0.15) is 22.4 Å². The van der Waals surface area contributed by atoms with E-state index in [9.17, 15) is 13.2 Å². The van der Waals surface area contributed by atoms with E-state index >= 15 is 0 Å². The number of hydrogen-bond donors (Lipinski definition) is 1. The summed E-state index contributed by atoms with van der Waals surface area (Å²) < 4.78 is 29.1. The highest BCUT2D eigenvalue weighted by Crippen LogP contribution is 2.28. The van der Waals surface area contributed by atoms with Crippen LogP contribution in [-0.4, -0.2) is 58.0 Å². The van der Waals surface area contributed by atoms with E-state index in [0.29, 0.717) is 13.1 Å². The van der Waals surface area contributed by atoms with Crippen molar-refractivity contribution in [2.75, 3.05) is 24.6 Å². The number of hydrogen-bond acceptors (Lipinski definition) is 7. The molecular formula is C19H21N5O3S3. The summed E-state index contributed by atoms with van der Waals surface area (Å²) in [7, 11) is -3.67. The van der Waals surface area contributed by atoms with E-state index in [-0.39, 0.29) is 21.7 Å². The first kappa shape index (κ1) is 21.0. The summed E-state index contributed by atoms with van der Waals surface area (Å²) in [5, 5.41) is 8.66. The average molecular weight is 464 g/mol. The zero-order valence-electron chi connectivity index (χ0n) is 16.3. The number of sulfonamides is 1. The summed E-state index contributed by atoms with van der Waals surface area (Å²) in [6.45, 7) is 2.81. The molecule has 0 saturated carbocycles. The van der Waals surface area contributed by atoms with Crippen LogP contribution in [-0.2, 0) is 10.0 Å². The normalized spacial score (nSPS) is 16.3. The minimum atomic E-state index is -3.67. The molecule has 158 valence electrons. The predicted molar refractivity (Wildman–Crippen MR) is 118 cm³/mol. The maximum Gasteiger partial charge on any atom is 0.263 e. The van der Waals surface area contributed by atoms with E-state index in [1.165, 1.54) is 16.7 Å². The van der Waals surface area contributed by atoms with Crippen LogP contribution in [0.5, 0.6) is 0 Å². The summed E-state index contributed by atoms with van der Waals surface area (Å²) in [6.07, 6.45) is 3.08. The fourth-order valence-electron chi connectivity index (χ4n) is 3.20. The number of carbonyl (C=O) groups excluding carboxylic acids is 1. The molecule has 0 radical (unpaired) electrons. The van der Waals surface area contributed by atoms with E-state index in [4.69, 9.17) is 0 Å². The second-order valence-corrected chi connectivity index (χ2v) is 10.8. The summed E-state index contributed by atoms with van der Waals surface area (Å²) in [4.78, 5) is 17.1. The van der Waals surface area contributed by atoms with Crippen LogP contribution in [0.2, 0.25) is 0 Å². The van der Waals surface area contributed by atoms with Crippen LogP contribution in [0.1, 0.15) is 28.2 Å². The molecule has 1 aliphatic heterocycles. The molecule has 1 atom stereocenters. The second-order valence-electron chi connectivity index (χ2n) is 6.76. The Morgan fingerprint density at radius 2 is 1.90 bits per heavy atom. The molecular weight excluding hydrogens is 442 g/mol. The van der Waals surface area contributed by atoms with Crippen molar-refractivity contribution < 1.29 is 13.2 Å². The number of aromatic nitrogens is 3. The molecule has 30 heavy (non-hydrogen) atoms. The number of nitrogens with zero attached hydrogens (tertiary/aromatic N) is 4. The third kappa shape index (κ3) is 4.29. The maximum atomic E-state index is 13.0. The van der Waals surface area contributed by atoms with Gasteiger partial charge in [0.2, 0.25) is 10.0 Å². The van der Waals surface area contributed by atoms with Crippen molar-refractivity contribution in [3.8, 4) is 5.69 Å². The smallest absolute Gasteiger partial charge is 0.263 e. The molecule has 1 aromatic carbocycles. The Morgan fingerprint density at radius 1 is 1.17 bits per heavy atom. The van der Waals surface area contributed by atoms with Gasteiger partial charge in [-0.15, -0.1) is 11.3 Å². The van der Waals surface area contributed by atoms with Gasteiger partial charge in [0.15, 0.2) is 0 Å². The number of nitrogens with one attached hydrogen (secondary N) is 1. The molecule has 0 aliphatic carbocycles. The molecule has 1 fully saturated rings. The molecule has 0 bridgehead atoms. The highest BCUT2D eigenvalue weighted by atomic mass is 32.2. The molecule has 3 aromatic rings. The number of thiophene rings is 1. The van der Waals surface area contributed by atoms with Gasteiger partial charge in [-0.3, -0.25) is 4.79 Å². The third-order valence-electron chi connectivity index (χ3n) is 4.85. The Hall–Kier alpha value is -2.21. The maximum absolute atomic E-state index is 13.0. The van der Waals surface area contributed by atoms with Gasteiger partial charge >= 0.3 is 0 Å². The molecule has 1 aliphatic rings. The summed E-state index contributed by atoms with van der Waals surface area (Å²) >= 11 is 2.88. The molecule has 3 heterocycles. The molecule has 1 N–H and O–H groups in total. The van der Waals surface area contributed by atoms with E-state index in [2.05, 4.69) is 15.4 Å². The Morgan fingerprint density at radius 3 is 2.57 bits per heavy atom. The molecule has 4 rings (SSSR count). The topological polar surface area (TPSA) is 97.2 Å². The molecule has 1 unspecified atom stereocenters. The van der Waals surface area contributed by atoms with E-state index in [1.807, 2.05) is 31.2 Å². The first-order chi connectivity index (χ1) is 14.5. The third-order valence-corrected chi connectivity index (χ3v) is 8.77. The standard InChI is InChI=1S/C19H21N5O3S3/c1-14(15-2-4-16(5-3-15)24-13-20-12-21-24)22-19(25)18-17(6-9-29-18)30(26,27)23-7-10-28-11-8-23/h2-6,9,12-14H,7-8,10-11H2,1H3,(H,22,25). The van der Waals surface area contributed by atoms with Gasteiger partial charge in [0.05, 0.1) is 11.7 Å². The predicted octanol–water partition coefficient (Wildman–Crippen LogP) is 2.56. The van der Waals surface area contributed by atoms with E-state index < -0.39 is 10.0 Å². The van der Waals surface area contributed by atoms with E-state index in [0.717, 1.165) is 34.1 Å². The van der Waals surface area contributed by atoms with Crippen molar-refractivity contribution in [1.82, 2.24) is 24.4 Å². The van der Waals surface area contributed by atoms with Crippen molar-refractivity contribution >= 4 is 39.0 Å². The van der Waals surface area contributed by atoms with Crippen LogP contribution in [0.3, 0.4) is 0 Å². The molecule has 8 nitrogen and oxygen atoms in total. The average Bonchev–Trinajstić information content (AvgIpc) is 3.47. The van der Waals surface area contributed by atoms with Crippen molar-refractivity contribution in [3.05, 3.63) is 58.8 Å². The number of thioether (sulfide) groups is 1. The monoisotopic (exact) mass is 463 g/mol. The van der Waals surface area contributed by atoms with Gasteiger partial charge in [-0.05, 0) is 36.1 Å². The highest BCUT2D eigenvalue weighted by Gasteiger charge is 2.31. The van der Waals surface area contributed by atoms with Gasteiger partial charge in [0, 0.05) is 24.6 Å². The number of carbonyl (C=O) groups is 1. The fourth-order valence-corrected chi connectivity index (χ4v) is 7.07. The van der Waals surface area contributed by atoms with Crippen molar-refractivity contribution in [3.63, 3.8) is 0 Å². The molecule has 1 amide bonds. The van der Waals surface area contributed by atoms with Crippen molar-refractivity contribution in [2.24, 2.45) is 0 Å². The van der Waals surface area contributed by atoms with Crippen molar-refractivity contribution in [1.29, 1.82) is 0 Å². The van der Waals surface area contributed by atoms with Gasteiger partial charge in [-0.2, -0.15) is 21.2 Å². The Kier molecular flexibility index (Phi) is 6.23. The Bertz CT molecular complexity index is 1100. The summed E-state index contributed by atoms with van der Waals surface area (Å²) in [5.41, 5.74) is 1.77. The molecule has 1 saturated heterocycles. The lowest BCUT2D eigenvalue weighted by molar-refractivity contribution is 0.0941. The van der Waals surface area contributed by atoms with Crippen LogP contribution >= 0.6 is 23.1 Å². The number of benzene rings is 1. The van der Waals surface area contributed by atoms with Gasteiger partial charge in [-0.1, -0.05) is 12.1 Å². The molecule has 2 aromatic heterocycles. The SMILES string of the molecule is CC(NC(=O)c1sccc1S(=O)(=O)N1CCSCC1)c1ccc(-n2cncn2)cc1. The highest BCUT2D eigenvalue weighted by molar-refractivity contribution is 7.99. The van der Waals surface area contributed by atoms with Gasteiger partial charge in [0.25, 0.3) is 5.91 Å². The minimum Gasteiger partial charge on any atom is -0.345 e. The Labute approximate surface area is 183 Å². The lowest BCUT2D eigenvalue weighted by Gasteiger charge is -2.25. The van der Waals surface area contributed by atoms with Crippen LogP contribution < -0.4 is 5.32 Å². The largest absolute Gasteiger partial charge is 0.345 e. The molecule has 0 spiro atoms. The number of rotatable bonds is 6. The van der Waals surface area contributed by atoms with Crippen LogP contribution in [0.15, 0.2) is 53.3 Å². The number of amides is 1. The van der Waals surface area contributed by atoms with Gasteiger partial charge in [-0.25, -0.2) is 18.1 Å². The summed E-state index contributed by atoms with van der Waals surface area (Å²) in [5.74, 6) is 1.15. The minimum absolute atomic E-state index is 0.0885. The fraction of sp³-hybridized carbons (Fsp3) is 0.316. The van der Waals surface area contributed by atoms with Crippen LogP contribution in [0.4, 0.5) is 0 Å².